The molecule has 0 heterocycles. The highest BCUT2D eigenvalue weighted by Crippen LogP contribution is 2.26. The van der Waals surface area contributed by atoms with E-state index in [2.05, 4.69) is 6.07 Å². The number of benzene rings is 2. The van der Waals surface area contributed by atoms with Gasteiger partial charge in [0.15, 0.2) is 0 Å². The summed E-state index contributed by atoms with van der Waals surface area (Å²) in [6.07, 6.45) is 0. The number of nitriles is 1. The minimum atomic E-state index is 0.500. The van der Waals surface area contributed by atoms with Gasteiger partial charge in [-0.15, -0.1) is 0 Å². The van der Waals surface area contributed by atoms with E-state index in [-0.39, 0.29) is 0 Å². The quantitative estimate of drug-likeness (QED) is 0.870. The second-order valence-electron chi connectivity index (χ2n) is 4.33. The molecule has 2 aromatic rings. The Hall–Kier alpha value is -2.18. The van der Waals surface area contributed by atoms with E-state index in [9.17, 15) is 0 Å². The molecule has 0 radical (unpaired) electrons. The minimum Gasteiger partial charge on any atom is -0.396 e. The number of nitrogen functional groups attached to an aromatic ring is 1. The van der Waals surface area contributed by atoms with Crippen LogP contribution in [0.25, 0.3) is 0 Å². The maximum atomic E-state index is 8.98. The van der Waals surface area contributed by atoms with E-state index in [0.717, 1.165) is 16.3 Å². The maximum Gasteiger partial charge on any atom is 0.101 e. The smallest absolute Gasteiger partial charge is 0.101 e. The van der Waals surface area contributed by atoms with Gasteiger partial charge in [0.25, 0.3) is 0 Å². The van der Waals surface area contributed by atoms with E-state index in [0.29, 0.717) is 17.8 Å². The van der Waals surface area contributed by atoms with E-state index >= 15 is 0 Å². The molecular formula is C15H14ClN3. The molecule has 2 aromatic carbocycles. The lowest BCUT2D eigenvalue weighted by molar-refractivity contribution is 0.924. The Morgan fingerprint density at radius 2 is 1.89 bits per heavy atom. The van der Waals surface area contributed by atoms with Crippen molar-refractivity contribution >= 4 is 23.0 Å². The van der Waals surface area contributed by atoms with Crippen LogP contribution in [-0.2, 0) is 6.54 Å². The molecule has 4 heteroatoms. The molecule has 19 heavy (non-hydrogen) atoms. The Morgan fingerprint density at radius 3 is 2.53 bits per heavy atom. The minimum absolute atomic E-state index is 0.500. The summed E-state index contributed by atoms with van der Waals surface area (Å²) in [7, 11) is 1.95. The van der Waals surface area contributed by atoms with Crippen LogP contribution in [0, 0.1) is 11.3 Å². The molecule has 0 unspecified atom stereocenters. The number of nitrogens with zero attached hydrogens (tertiary/aromatic N) is 2. The number of halogens is 1. The second kappa shape index (κ2) is 5.64. The molecular weight excluding hydrogens is 258 g/mol. The lowest BCUT2D eigenvalue weighted by Crippen LogP contribution is -2.18. The van der Waals surface area contributed by atoms with Crippen molar-refractivity contribution in [1.29, 1.82) is 5.26 Å². The molecule has 96 valence electrons. The van der Waals surface area contributed by atoms with Crippen LogP contribution in [-0.4, -0.2) is 7.05 Å². The molecule has 0 spiro atoms. The third-order valence-corrected chi connectivity index (χ3v) is 3.20. The molecule has 0 aliphatic carbocycles. The van der Waals surface area contributed by atoms with Gasteiger partial charge < -0.3 is 10.6 Å². The van der Waals surface area contributed by atoms with Gasteiger partial charge in [0, 0.05) is 18.6 Å². The first-order valence-corrected chi connectivity index (χ1v) is 6.24. The highest BCUT2D eigenvalue weighted by Gasteiger charge is 2.09. The Balaban J connectivity index is 2.23. The summed E-state index contributed by atoms with van der Waals surface area (Å²) in [5.74, 6) is 0. The number of anilines is 2. The summed E-state index contributed by atoms with van der Waals surface area (Å²) in [6.45, 7) is 0.705. The monoisotopic (exact) mass is 271 g/mol. The fraction of sp³-hybridized carbons (Fsp3) is 0.133. The predicted molar refractivity (Wildman–Crippen MR) is 79.1 cm³/mol. The van der Waals surface area contributed by atoms with Crippen LogP contribution in [0.1, 0.15) is 11.1 Å². The number of para-hydroxylation sites is 1. The van der Waals surface area contributed by atoms with Gasteiger partial charge in [-0.1, -0.05) is 29.8 Å². The fourth-order valence-corrected chi connectivity index (χ4v) is 2.06. The summed E-state index contributed by atoms with van der Waals surface area (Å²) < 4.78 is 0. The van der Waals surface area contributed by atoms with Crippen molar-refractivity contribution in [3.05, 3.63) is 58.6 Å². The van der Waals surface area contributed by atoms with Gasteiger partial charge >= 0.3 is 0 Å². The van der Waals surface area contributed by atoms with Crippen molar-refractivity contribution in [2.45, 2.75) is 6.54 Å². The summed E-state index contributed by atoms with van der Waals surface area (Å²) in [6, 6.07) is 15.2. The zero-order chi connectivity index (χ0) is 13.8. The molecule has 0 amide bonds. The first-order chi connectivity index (χ1) is 9.11. The molecule has 2 rings (SSSR count). The highest BCUT2D eigenvalue weighted by molar-refractivity contribution is 6.30. The van der Waals surface area contributed by atoms with E-state index in [1.165, 1.54) is 0 Å². The number of rotatable bonds is 3. The van der Waals surface area contributed by atoms with Gasteiger partial charge in [0.1, 0.15) is 6.07 Å². The van der Waals surface area contributed by atoms with Crippen LogP contribution in [0.5, 0.6) is 0 Å². The molecule has 2 N–H and O–H groups in total. The Bertz CT molecular complexity index is 614. The summed E-state index contributed by atoms with van der Waals surface area (Å²) in [5, 5.41) is 9.70. The van der Waals surface area contributed by atoms with Crippen molar-refractivity contribution in [1.82, 2.24) is 0 Å². The van der Waals surface area contributed by atoms with Crippen molar-refractivity contribution in [2.24, 2.45) is 0 Å². The lowest BCUT2D eigenvalue weighted by Gasteiger charge is -2.21. The molecule has 0 atom stereocenters. The van der Waals surface area contributed by atoms with Gasteiger partial charge in [0.2, 0.25) is 0 Å². The first kappa shape index (κ1) is 13.3. The topological polar surface area (TPSA) is 53.0 Å². The highest BCUT2D eigenvalue weighted by atomic mass is 35.5. The molecule has 0 bridgehead atoms. The number of hydrogen-bond acceptors (Lipinski definition) is 3. The van der Waals surface area contributed by atoms with Gasteiger partial charge in [-0.3, -0.25) is 0 Å². The van der Waals surface area contributed by atoms with E-state index in [4.69, 9.17) is 22.6 Å². The summed E-state index contributed by atoms with van der Waals surface area (Å²) in [4.78, 5) is 2.01. The third-order valence-electron chi connectivity index (χ3n) is 2.95. The largest absolute Gasteiger partial charge is 0.396 e. The molecule has 0 aliphatic heterocycles. The average molecular weight is 272 g/mol. The van der Waals surface area contributed by atoms with Gasteiger partial charge in [-0.2, -0.15) is 5.26 Å². The molecule has 0 saturated carbocycles. The van der Waals surface area contributed by atoms with Crippen molar-refractivity contribution in [3.8, 4) is 6.07 Å². The summed E-state index contributed by atoms with van der Waals surface area (Å²) >= 11 is 5.86. The van der Waals surface area contributed by atoms with E-state index < -0.39 is 0 Å². The van der Waals surface area contributed by atoms with E-state index in [1.54, 1.807) is 6.07 Å². The van der Waals surface area contributed by atoms with Crippen LogP contribution < -0.4 is 10.6 Å². The maximum absolute atomic E-state index is 8.98. The number of hydrogen-bond donors (Lipinski definition) is 1. The molecule has 0 aromatic heterocycles. The van der Waals surface area contributed by atoms with Crippen LogP contribution in [0.2, 0.25) is 5.02 Å². The van der Waals surface area contributed by atoms with Gasteiger partial charge in [0.05, 0.1) is 16.9 Å². The Morgan fingerprint density at radius 1 is 1.21 bits per heavy atom. The normalized spacial score (nSPS) is 9.95. The average Bonchev–Trinajstić information content (AvgIpc) is 2.41. The van der Waals surface area contributed by atoms with Crippen LogP contribution in [0.15, 0.2) is 42.5 Å². The molecule has 0 fully saturated rings. The van der Waals surface area contributed by atoms with Gasteiger partial charge in [-0.05, 0) is 29.8 Å². The van der Waals surface area contributed by atoms with Crippen molar-refractivity contribution in [2.75, 3.05) is 17.7 Å². The van der Waals surface area contributed by atoms with Gasteiger partial charge in [-0.25, -0.2) is 0 Å². The van der Waals surface area contributed by atoms with E-state index in [1.807, 2.05) is 48.3 Å². The lowest BCUT2D eigenvalue weighted by atomic mass is 10.1. The predicted octanol–water partition coefficient (Wildman–Crippen LogP) is 3.43. The second-order valence-corrected chi connectivity index (χ2v) is 4.77. The standard InChI is InChI=1S/C15H14ClN3/c1-19(10-11-5-7-13(16)8-6-11)14-4-2-3-12(9-17)15(14)18/h2-8H,10,18H2,1H3. The Labute approximate surface area is 117 Å². The van der Waals surface area contributed by atoms with Crippen molar-refractivity contribution < 1.29 is 0 Å². The first-order valence-electron chi connectivity index (χ1n) is 5.86. The zero-order valence-electron chi connectivity index (χ0n) is 10.6. The zero-order valence-corrected chi connectivity index (χ0v) is 11.4. The third kappa shape index (κ3) is 2.98. The SMILES string of the molecule is CN(Cc1ccc(Cl)cc1)c1cccc(C#N)c1N. The van der Waals surface area contributed by atoms with Crippen LogP contribution in [0.3, 0.4) is 0 Å². The van der Waals surface area contributed by atoms with Crippen LogP contribution in [0.4, 0.5) is 11.4 Å². The Kier molecular flexibility index (Phi) is 3.94. The molecule has 3 nitrogen and oxygen atoms in total. The van der Waals surface area contributed by atoms with Crippen molar-refractivity contribution in [3.63, 3.8) is 0 Å². The number of nitrogens with two attached hydrogens (primary N) is 1. The molecule has 0 aliphatic rings. The molecule has 0 saturated heterocycles. The fourth-order valence-electron chi connectivity index (χ4n) is 1.93. The summed E-state index contributed by atoms with van der Waals surface area (Å²) in [5.41, 5.74) is 8.99. The van der Waals surface area contributed by atoms with Crippen LogP contribution >= 0.6 is 11.6 Å².